The first-order valence-electron chi connectivity index (χ1n) is 10.4. The monoisotopic (exact) mass is 447 g/mol. The van der Waals surface area contributed by atoms with Crippen molar-refractivity contribution in [3.63, 3.8) is 0 Å². The van der Waals surface area contributed by atoms with E-state index < -0.39 is 9.84 Å². The van der Waals surface area contributed by atoms with Crippen molar-refractivity contribution in [3.8, 4) is 5.75 Å². The third kappa shape index (κ3) is 8.59. The van der Waals surface area contributed by atoms with E-state index in [9.17, 15) is 8.42 Å². The average molecular weight is 448 g/mol. The molecule has 0 unspecified atom stereocenters. The maximum Gasteiger partial charge on any atom is 0.191 e. The summed E-state index contributed by atoms with van der Waals surface area (Å²) in [6.45, 7) is 6.99. The van der Waals surface area contributed by atoms with Crippen LogP contribution in [0.2, 0.25) is 0 Å². The Hall–Kier alpha value is -2.58. The Morgan fingerprint density at radius 1 is 1.06 bits per heavy atom. The van der Waals surface area contributed by atoms with Crippen molar-refractivity contribution in [3.05, 3.63) is 59.2 Å². The first kappa shape index (κ1) is 24.7. The number of benzene rings is 2. The van der Waals surface area contributed by atoms with E-state index in [2.05, 4.69) is 15.6 Å². The van der Waals surface area contributed by atoms with Crippen molar-refractivity contribution >= 4 is 15.8 Å². The molecule has 0 bridgehead atoms. The summed E-state index contributed by atoms with van der Waals surface area (Å²) in [4.78, 5) is 4.95. The number of guanidine groups is 1. The first-order chi connectivity index (χ1) is 14.8. The van der Waals surface area contributed by atoms with Crippen molar-refractivity contribution in [2.24, 2.45) is 4.99 Å². The number of sulfone groups is 1. The van der Waals surface area contributed by atoms with Crippen LogP contribution in [0.3, 0.4) is 0 Å². The van der Waals surface area contributed by atoms with Crippen LogP contribution >= 0.6 is 0 Å². The molecule has 2 aromatic carbocycles. The second kappa shape index (κ2) is 12.3. The number of hydrogen-bond acceptors (Lipinski definition) is 5. The Morgan fingerprint density at radius 3 is 2.39 bits per heavy atom. The fourth-order valence-electron chi connectivity index (χ4n) is 3.03. The van der Waals surface area contributed by atoms with Gasteiger partial charge in [-0.25, -0.2) is 13.4 Å². The minimum atomic E-state index is -3.21. The van der Waals surface area contributed by atoms with Gasteiger partial charge in [-0.05, 0) is 55.2 Å². The maximum atomic E-state index is 11.8. The van der Waals surface area contributed by atoms with Gasteiger partial charge < -0.3 is 20.1 Å². The van der Waals surface area contributed by atoms with Gasteiger partial charge in [0.2, 0.25) is 0 Å². The predicted molar refractivity (Wildman–Crippen MR) is 124 cm³/mol. The van der Waals surface area contributed by atoms with Gasteiger partial charge in [-0.3, -0.25) is 0 Å². The highest BCUT2D eigenvalue weighted by molar-refractivity contribution is 7.90. The van der Waals surface area contributed by atoms with Crippen LogP contribution in [0, 0.1) is 6.92 Å². The number of ether oxygens (including phenoxy) is 2. The Kier molecular flexibility index (Phi) is 9.81. The fourth-order valence-corrected chi connectivity index (χ4v) is 3.99. The standard InChI is InChI=1S/C23H33N3O4S/c1-5-24-23(26-16-20-9-12-22(18(2)15-20)31(4,27)28)25-13-6-14-30-17-19-7-10-21(29-3)11-8-19/h7-12,15H,5-6,13-14,16-17H2,1-4H3,(H2,24,25,26). The van der Waals surface area contributed by atoms with Crippen molar-refractivity contribution < 1.29 is 17.9 Å². The number of methoxy groups -OCH3 is 1. The summed E-state index contributed by atoms with van der Waals surface area (Å²) in [5, 5.41) is 6.52. The molecule has 2 N–H and O–H groups in total. The lowest BCUT2D eigenvalue weighted by molar-refractivity contribution is 0.119. The second-order valence-electron chi connectivity index (χ2n) is 7.25. The molecule has 2 rings (SSSR count). The molecule has 170 valence electrons. The Labute approximate surface area is 185 Å². The molecule has 0 radical (unpaired) electrons. The number of nitrogens with zero attached hydrogens (tertiary/aromatic N) is 1. The SMILES string of the molecule is CCNC(=NCc1ccc(S(C)(=O)=O)c(C)c1)NCCCOCc1ccc(OC)cc1. The van der Waals surface area contributed by atoms with Crippen LogP contribution in [0.5, 0.6) is 5.75 Å². The smallest absolute Gasteiger partial charge is 0.191 e. The van der Waals surface area contributed by atoms with Crippen molar-refractivity contribution in [1.29, 1.82) is 0 Å². The van der Waals surface area contributed by atoms with Crippen LogP contribution in [0.25, 0.3) is 0 Å². The molecule has 8 heteroatoms. The molecule has 2 aromatic rings. The number of rotatable bonds is 11. The van der Waals surface area contributed by atoms with Crippen molar-refractivity contribution in [1.82, 2.24) is 10.6 Å². The van der Waals surface area contributed by atoms with Crippen LogP contribution in [-0.2, 0) is 27.7 Å². The van der Waals surface area contributed by atoms with Gasteiger partial charge >= 0.3 is 0 Å². The van der Waals surface area contributed by atoms with Crippen LogP contribution in [0.1, 0.15) is 30.0 Å². The van der Waals surface area contributed by atoms with E-state index in [-0.39, 0.29) is 0 Å². The summed E-state index contributed by atoms with van der Waals surface area (Å²) < 4.78 is 34.4. The van der Waals surface area contributed by atoms with Gasteiger partial charge in [0, 0.05) is 26.0 Å². The first-order valence-corrected chi connectivity index (χ1v) is 12.2. The van der Waals surface area contributed by atoms with Gasteiger partial charge in [0.1, 0.15) is 5.75 Å². The summed E-state index contributed by atoms with van der Waals surface area (Å²) in [5.41, 5.74) is 2.81. The summed E-state index contributed by atoms with van der Waals surface area (Å²) in [5.74, 6) is 1.56. The molecule has 0 heterocycles. The minimum Gasteiger partial charge on any atom is -0.497 e. The lowest BCUT2D eigenvalue weighted by atomic mass is 10.1. The summed E-state index contributed by atoms with van der Waals surface area (Å²) in [7, 11) is -1.56. The fraction of sp³-hybridized carbons (Fsp3) is 0.435. The highest BCUT2D eigenvalue weighted by atomic mass is 32.2. The molecule has 0 amide bonds. The Bertz CT molecular complexity index is 957. The Morgan fingerprint density at radius 2 is 1.77 bits per heavy atom. The topological polar surface area (TPSA) is 89.0 Å². The summed E-state index contributed by atoms with van der Waals surface area (Å²) >= 11 is 0. The summed E-state index contributed by atoms with van der Waals surface area (Å²) in [6.07, 6.45) is 2.07. The van der Waals surface area contributed by atoms with Gasteiger partial charge in [-0.15, -0.1) is 0 Å². The molecule has 0 aromatic heterocycles. The Balaban J connectivity index is 1.77. The molecule has 0 fully saturated rings. The molecule has 0 atom stereocenters. The van der Waals surface area contributed by atoms with Crippen molar-refractivity contribution in [2.75, 3.05) is 33.1 Å². The normalized spacial score (nSPS) is 11.9. The molecule has 0 aliphatic carbocycles. The third-order valence-electron chi connectivity index (χ3n) is 4.59. The number of hydrogen-bond donors (Lipinski definition) is 2. The number of aryl methyl sites for hydroxylation is 1. The molecule has 0 aliphatic rings. The highest BCUT2D eigenvalue weighted by Crippen LogP contribution is 2.17. The zero-order chi connectivity index (χ0) is 22.7. The van der Waals surface area contributed by atoms with Crippen molar-refractivity contribution in [2.45, 2.75) is 38.3 Å². The average Bonchev–Trinajstić information content (AvgIpc) is 2.74. The lowest BCUT2D eigenvalue weighted by Crippen LogP contribution is -2.38. The van der Waals surface area contributed by atoms with Crippen LogP contribution in [0.15, 0.2) is 52.4 Å². The van der Waals surface area contributed by atoms with E-state index in [1.165, 1.54) is 6.26 Å². The van der Waals surface area contributed by atoms with Gasteiger partial charge in [-0.1, -0.05) is 24.3 Å². The molecule has 31 heavy (non-hydrogen) atoms. The number of nitrogens with one attached hydrogen (secondary N) is 2. The van der Waals surface area contributed by atoms with E-state index in [0.717, 1.165) is 47.9 Å². The van der Waals surface area contributed by atoms with Gasteiger partial charge in [0.25, 0.3) is 0 Å². The quantitative estimate of drug-likeness (QED) is 0.313. The molecule has 7 nitrogen and oxygen atoms in total. The second-order valence-corrected chi connectivity index (χ2v) is 9.23. The van der Waals surface area contributed by atoms with E-state index >= 15 is 0 Å². The van der Waals surface area contributed by atoms with E-state index in [1.54, 1.807) is 20.1 Å². The molecule has 0 aliphatic heterocycles. The molecular formula is C23H33N3O4S. The lowest BCUT2D eigenvalue weighted by Gasteiger charge is -2.12. The molecular weight excluding hydrogens is 414 g/mol. The summed E-state index contributed by atoms with van der Waals surface area (Å²) in [6, 6.07) is 13.2. The molecule has 0 saturated carbocycles. The van der Waals surface area contributed by atoms with Crippen LogP contribution in [0.4, 0.5) is 0 Å². The molecule has 0 saturated heterocycles. The molecule has 0 spiro atoms. The maximum absolute atomic E-state index is 11.8. The van der Waals surface area contributed by atoms with Crippen LogP contribution in [-0.4, -0.2) is 47.4 Å². The largest absolute Gasteiger partial charge is 0.497 e. The third-order valence-corrected chi connectivity index (χ3v) is 5.85. The van der Waals surface area contributed by atoms with E-state index in [4.69, 9.17) is 9.47 Å². The zero-order valence-corrected chi connectivity index (χ0v) is 19.6. The predicted octanol–water partition coefficient (Wildman–Crippen LogP) is 3.07. The number of aliphatic imine (C=N–C) groups is 1. The van der Waals surface area contributed by atoms with Gasteiger partial charge in [0.15, 0.2) is 15.8 Å². The van der Waals surface area contributed by atoms with E-state index in [0.29, 0.717) is 24.7 Å². The van der Waals surface area contributed by atoms with Gasteiger partial charge in [0.05, 0.1) is 25.2 Å². The zero-order valence-electron chi connectivity index (χ0n) is 18.8. The van der Waals surface area contributed by atoms with Crippen LogP contribution < -0.4 is 15.4 Å². The van der Waals surface area contributed by atoms with Gasteiger partial charge in [-0.2, -0.15) is 0 Å². The minimum absolute atomic E-state index is 0.361. The van der Waals surface area contributed by atoms with E-state index in [1.807, 2.05) is 43.3 Å². The highest BCUT2D eigenvalue weighted by Gasteiger charge is 2.10.